The summed E-state index contributed by atoms with van der Waals surface area (Å²) in [7, 11) is 0. The predicted molar refractivity (Wildman–Crippen MR) is 69.9 cm³/mol. The van der Waals surface area contributed by atoms with Crippen LogP contribution in [-0.2, 0) is 0 Å². The van der Waals surface area contributed by atoms with Gasteiger partial charge in [0.25, 0.3) is 0 Å². The second-order valence-corrected chi connectivity index (χ2v) is 5.03. The first-order chi connectivity index (χ1) is 8.81. The van der Waals surface area contributed by atoms with Crippen molar-refractivity contribution in [1.29, 1.82) is 0 Å². The van der Waals surface area contributed by atoms with Crippen LogP contribution in [0.3, 0.4) is 0 Å². The lowest BCUT2D eigenvalue weighted by atomic mass is 10.2. The second kappa shape index (κ2) is 3.45. The van der Waals surface area contributed by atoms with Gasteiger partial charge in [-0.15, -0.1) is 0 Å². The minimum absolute atomic E-state index is 0.652. The maximum Gasteiger partial charge on any atom is 0.116 e. The molecule has 0 unspecified atom stereocenters. The van der Waals surface area contributed by atoms with Crippen molar-refractivity contribution in [3.63, 3.8) is 0 Å². The summed E-state index contributed by atoms with van der Waals surface area (Å²) in [4.78, 5) is 4.66. The second-order valence-electron chi connectivity index (χ2n) is 5.03. The number of nitrogens with one attached hydrogen (secondary N) is 1. The van der Waals surface area contributed by atoms with Gasteiger partial charge in [0.15, 0.2) is 0 Å². The van der Waals surface area contributed by atoms with Gasteiger partial charge in [-0.3, -0.25) is 5.10 Å². The molecule has 4 rings (SSSR count). The molecule has 1 aliphatic carbocycles. The minimum Gasteiger partial charge on any atom is -0.303 e. The molecule has 0 spiro atoms. The first kappa shape index (κ1) is 9.88. The van der Waals surface area contributed by atoms with Gasteiger partial charge >= 0.3 is 0 Å². The number of aryl methyl sites for hydroxylation is 1. The Morgan fingerprint density at radius 3 is 3.06 bits per heavy atom. The summed E-state index contributed by atoms with van der Waals surface area (Å²) in [6, 6.07) is 6.35. The summed E-state index contributed by atoms with van der Waals surface area (Å²) in [6.07, 6.45) is 6.52. The Hall–Kier alpha value is -2.10. The Balaban J connectivity index is 1.90. The largest absolute Gasteiger partial charge is 0.303 e. The minimum atomic E-state index is 0.652. The number of hydrogen-bond donors (Lipinski definition) is 1. The summed E-state index contributed by atoms with van der Waals surface area (Å²) in [5, 5.41) is 8.18. The fourth-order valence-corrected chi connectivity index (χ4v) is 2.43. The van der Waals surface area contributed by atoms with Crippen LogP contribution in [0.1, 0.15) is 30.3 Å². The number of hydrogen-bond acceptors (Lipinski definition) is 2. The predicted octanol–water partition coefficient (Wildman–Crippen LogP) is 2.93. The zero-order valence-electron chi connectivity index (χ0n) is 10.2. The summed E-state index contributed by atoms with van der Waals surface area (Å²) in [5.41, 5.74) is 3.33. The highest BCUT2D eigenvalue weighted by Crippen LogP contribution is 2.40. The van der Waals surface area contributed by atoms with Gasteiger partial charge < -0.3 is 4.57 Å². The van der Waals surface area contributed by atoms with Crippen LogP contribution in [0.4, 0.5) is 0 Å². The van der Waals surface area contributed by atoms with E-state index in [1.807, 2.05) is 6.20 Å². The van der Waals surface area contributed by atoms with E-state index in [4.69, 9.17) is 0 Å². The molecule has 1 aromatic carbocycles. The van der Waals surface area contributed by atoms with Crippen molar-refractivity contribution < 1.29 is 0 Å². The van der Waals surface area contributed by atoms with Crippen LogP contribution in [0, 0.1) is 6.92 Å². The molecule has 1 fully saturated rings. The van der Waals surface area contributed by atoms with Crippen molar-refractivity contribution in [2.24, 2.45) is 0 Å². The SMILES string of the molecule is Cc1cn(-c2ccc3[nH]ncc3c2)c(C2CC2)n1. The zero-order chi connectivity index (χ0) is 12.1. The number of imidazole rings is 1. The van der Waals surface area contributed by atoms with Crippen molar-refractivity contribution in [2.45, 2.75) is 25.7 Å². The Morgan fingerprint density at radius 1 is 1.33 bits per heavy atom. The van der Waals surface area contributed by atoms with Crippen LogP contribution in [0.2, 0.25) is 0 Å². The Labute approximate surface area is 105 Å². The molecule has 0 radical (unpaired) electrons. The maximum atomic E-state index is 4.66. The standard InChI is InChI=1S/C14H14N4/c1-9-8-18(14(16-9)10-2-3-10)12-4-5-13-11(6-12)7-15-17-13/h4-8,10H,2-3H2,1H3,(H,15,17). The molecule has 4 heteroatoms. The highest BCUT2D eigenvalue weighted by molar-refractivity contribution is 5.80. The van der Waals surface area contributed by atoms with E-state index in [9.17, 15) is 0 Å². The third-order valence-corrected chi connectivity index (χ3v) is 3.50. The van der Waals surface area contributed by atoms with Gasteiger partial charge in [0.2, 0.25) is 0 Å². The van der Waals surface area contributed by atoms with E-state index < -0.39 is 0 Å². The Bertz CT molecular complexity index is 718. The molecule has 0 bridgehead atoms. The van der Waals surface area contributed by atoms with Crippen molar-refractivity contribution >= 4 is 10.9 Å². The van der Waals surface area contributed by atoms with E-state index in [1.54, 1.807) is 0 Å². The number of aromatic nitrogens is 4. The number of nitrogens with zero attached hydrogens (tertiary/aromatic N) is 3. The molecule has 0 atom stereocenters. The summed E-state index contributed by atoms with van der Waals surface area (Å²) in [5.74, 6) is 1.86. The van der Waals surface area contributed by atoms with Crippen LogP contribution in [0.15, 0.2) is 30.6 Å². The van der Waals surface area contributed by atoms with E-state index >= 15 is 0 Å². The lowest BCUT2D eigenvalue weighted by Gasteiger charge is -2.06. The smallest absolute Gasteiger partial charge is 0.116 e. The third kappa shape index (κ3) is 1.45. The monoisotopic (exact) mass is 238 g/mol. The van der Waals surface area contributed by atoms with E-state index in [0.717, 1.165) is 16.6 Å². The van der Waals surface area contributed by atoms with Crippen LogP contribution >= 0.6 is 0 Å². The molecule has 1 aliphatic rings. The first-order valence-electron chi connectivity index (χ1n) is 6.30. The molecule has 0 aliphatic heterocycles. The van der Waals surface area contributed by atoms with Crippen LogP contribution in [-0.4, -0.2) is 19.7 Å². The molecular weight excluding hydrogens is 224 g/mol. The van der Waals surface area contributed by atoms with Gasteiger partial charge in [0.05, 0.1) is 17.4 Å². The number of benzene rings is 1. The fourth-order valence-electron chi connectivity index (χ4n) is 2.43. The lowest BCUT2D eigenvalue weighted by molar-refractivity contribution is 0.880. The van der Waals surface area contributed by atoms with Crippen molar-refractivity contribution in [3.05, 3.63) is 42.1 Å². The zero-order valence-corrected chi connectivity index (χ0v) is 10.2. The van der Waals surface area contributed by atoms with E-state index in [2.05, 4.69) is 51.1 Å². The molecule has 0 amide bonds. The topological polar surface area (TPSA) is 46.5 Å². The van der Waals surface area contributed by atoms with Crippen molar-refractivity contribution in [3.8, 4) is 5.69 Å². The normalized spacial score (nSPS) is 15.4. The molecule has 90 valence electrons. The van der Waals surface area contributed by atoms with Gasteiger partial charge in [-0.05, 0) is 38.0 Å². The molecule has 0 saturated heterocycles. The van der Waals surface area contributed by atoms with Gasteiger partial charge in [-0.25, -0.2) is 4.98 Å². The van der Waals surface area contributed by atoms with Crippen LogP contribution in [0.25, 0.3) is 16.6 Å². The highest BCUT2D eigenvalue weighted by Gasteiger charge is 2.28. The highest BCUT2D eigenvalue weighted by atomic mass is 15.1. The number of H-pyrrole nitrogens is 1. The molecule has 1 N–H and O–H groups in total. The molecule has 18 heavy (non-hydrogen) atoms. The van der Waals surface area contributed by atoms with E-state index in [0.29, 0.717) is 5.92 Å². The molecule has 4 nitrogen and oxygen atoms in total. The van der Waals surface area contributed by atoms with Crippen molar-refractivity contribution in [2.75, 3.05) is 0 Å². The molecule has 2 heterocycles. The third-order valence-electron chi connectivity index (χ3n) is 3.50. The summed E-state index contributed by atoms with van der Waals surface area (Å²) < 4.78 is 2.22. The molecule has 1 saturated carbocycles. The summed E-state index contributed by atoms with van der Waals surface area (Å²) >= 11 is 0. The van der Waals surface area contributed by atoms with Crippen molar-refractivity contribution in [1.82, 2.24) is 19.7 Å². The number of fused-ring (bicyclic) bond motifs is 1. The fraction of sp³-hybridized carbons (Fsp3) is 0.286. The average molecular weight is 238 g/mol. The van der Waals surface area contributed by atoms with Gasteiger partial charge in [0.1, 0.15) is 5.82 Å². The van der Waals surface area contributed by atoms with Gasteiger partial charge in [-0.2, -0.15) is 5.10 Å². The molecule has 3 aromatic rings. The quantitative estimate of drug-likeness (QED) is 0.746. The number of aromatic amines is 1. The summed E-state index contributed by atoms with van der Waals surface area (Å²) in [6.45, 7) is 2.05. The maximum absolute atomic E-state index is 4.66. The molecule has 2 aromatic heterocycles. The Kier molecular flexibility index (Phi) is 1.89. The average Bonchev–Trinajstić information content (AvgIpc) is 2.98. The number of rotatable bonds is 2. The van der Waals surface area contributed by atoms with Gasteiger partial charge in [0, 0.05) is 23.2 Å². The van der Waals surface area contributed by atoms with Crippen LogP contribution < -0.4 is 0 Å². The van der Waals surface area contributed by atoms with Gasteiger partial charge in [-0.1, -0.05) is 0 Å². The Morgan fingerprint density at radius 2 is 2.22 bits per heavy atom. The van der Waals surface area contributed by atoms with Crippen LogP contribution in [0.5, 0.6) is 0 Å². The first-order valence-corrected chi connectivity index (χ1v) is 6.30. The molecular formula is C14H14N4. The van der Waals surface area contributed by atoms with E-state index in [1.165, 1.54) is 24.4 Å². The van der Waals surface area contributed by atoms with E-state index in [-0.39, 0.29) is 0 Å². The lowest BCUT2D eigenvalue weighted by Crippen LogP contribution is -1.98.